The van der Waals surface area contributed by atoms with Gasteiger partial charge in [0.05, 0.1) is 16.7 Å². The maximum absolute atomic E-state index is 5.99. The van der Waals surface area contributed by atoms with Crippen LogP contribution in [0.25, 0.3) is 0 Å². The molecule has 0 unspecified atom stereocenters. The minimum atomic E-state index is 0.546. The lowest BCUT2D eigenvalue weighted by atomic mass is 10.2. The largest absolute Gasteiger partial charge is 0.491 e. The van der Waals surface area contributed by atoms with Crippen molar-refractivity contribution >= 4 is 28.9 Å². The van der Waals surface area contributed by atoms with E-state index in [4.69, 9.17) is 32.7 Å². The quantitative estimate of drug-likeness (QED) is 0.685. The van der Waals surface area contributed by atoms with Crippen molar-refractivity contribution < 1.29 is 9.47 Å². The fraction of sp³-hybridized carbons (Fsp3) is 0.294. The normalized spacial score (nSPS) is 10.5. The fourth-order valence-corrected chi connectivity index (χ4v) is 2.17. The van der Waals surface area contributed by atoms with E-state index in [0.717, 1.165) is 17.0 Å². The van der Waals surface area contributed by atoms with Crippen LogP contribution in [-0.4, -0.2) is 19.8 Å². The first-order chi connectivity index (χ1) is 10.7. The first kappa shape index (κ1) is 16.9. The molecule has 0 radical (unpaired) electrons. The van der Waals surface area contributed by atoms with Gasteiger partial charge in [0.2, 0.25) is 0 Å². The summed E-state index contributed by atoms with van der Waals surface area (Å²) < 4.78 is 10.8. The molecule has 0 aliphatic rings. The number of halogens is 2. The fourth-order valence-electron chi connectivity index (χ4n) is 1.88. The smallest absolute Gasteiger partial charge is 0.119 e. The summed E-state index contributed by atoms with van der Waals surface area (Å²) in [5.41, 5.74) is 2.09. The SMILES string of the molecule is CCOCCOc1ccc(CNc2ccc(Cl)c(Cl)c2)cc1. The van der Waals surface area contributed by atoms with Gasteiger partial charge >= 0.3 is 0 Å². The van der Waals surface area contributed by atoms with Crippen LogP contribution in [0.15, 0.2) is 42.5 Å². The Morgan fingerprint density at radius 3 is 2.41 bits per heavy atom. The van der Waals surface area contributed by atoms with Crippen LogP contribution >= 0.6 is 23.2 Å². The van der Waals surface area contributed by atoms with Gasteiger partial charge in [0.1, 0.15) is 12.4 Å². The predicted molar refractivity (Wildman–Crippen MR) is 92.2 cm³/mol. The van der Waals surface area contributed by atoms with Crippen LogP contribution < -0.4 is 10.1 Å². The molecule has 0 saturated heterocycles. The van der Waals surface area contributed by atoms with Crippen LogP contribution in [0.1, 0.15) is 12.5 Å². The highest BCUT2D eigenvalue weighted by atomic mass is 35.5. The third-order valence-electron chi connectivity index (χ3n) is 3.04. The van der Waals surface area contributed by atoms with Gasteiger partial charge in [-0.25, -0.2) is 0 Å². The summed E-state index contributed by atoms with van der Waals surface area (Å²) in [6, 6.07) is 13.5. The van der Waals surface area contributed by atoms with E-state index >= 15 is 0 Å². The van der Waals surface area contributed by atoms with Crippen molar-refractivity contribution in [2.75, 3.05) is 25.1 Å². The summed E-state index contributed by atoms with van der Waals surface area (Å²) >= 11 is 11.9. The second kappa shape index (κ2) is 8.89. The number of ether oxygens (including phenoxy) is 2. The monoisotopic (exact) mass is 339 g/mol. The molecule has 0 aliphatic heterocycles. The van der Waals surface area contributed by atoms with Crippen molar-refractivity contribution in [1.29, 1.82) is 0 Å². The van der Waals surface area contributed by atoms with E-state index < -0.39 is 0 Å². The van der Waals surface area contributed by atoms with Gasteiger partial charge in [-0.3, -0.25) is 0 Å². The van der Waals surface area contributed by atoms with Crippen LogP contribution in [0.2, 0.25) is 10.0 Å². The third kappa shape index (κ3) is 5.41. The Hall–Kier alpha value is -1.42. The van der Waals surface area contributed by atoms with Crippen molar-refractivity contribution in [1.82, 2.24) is 0 Å². The van der Waals surface area contributed by atoms with Crippen molar-refractivity contribution in [3.63, 3.8) is 0 Å². The van der Waals surface area contributed by atoms with Crippen molar-refractivity contribution in [3.8, 4) is 5.75 Å². The van der Waals surface area contributed by atoms with Gasteiger partial charge in [0, 0.05) is 18.8 Å². The Balaban J connectivity index is 1.82. The lowest BCUT2D eigenvalue weighted by Crippen LogP contribution is -2.06. The molecule has 0 aromatic heterocycles. The molecule has 0 spiro atoms. The summed E-state index contributed by atoms with van der Waals surface area (Å²) in [6.45, 7) is 4.56. The molecular weight excluding hydrogens is 321 g/mol. The molecule has 0 aliphatic carbocycles. The van der Waals surface area contributed by atoms with Gasteiger partial charge in [0.15, 0.2) is 0 Å². The summed E-state index contributed by atoms with van der Waals surface area (Å²) in [5.74, 6) is 0.845. The van der Waals surface area contributed by atoms with Gasteiger partial charge in [-0.1, -0.05) is 35.3 Å². The standard InChI is InChI=1S/C17H19Cl2NO2/c1-2-21-9-10-22-15-6-3-13(4-7-15)12-20-14-5-8-16(18)17(19)11-14/h3-8,11,20H,2,9-10,12H2,1H3. The zero-order chi connectivity index (χ0) is 15.8. The number of hydrogen-bond donors (Lipinski definition) is 1. The number of rotatable bonds is 8. The van der Waals surface area contributed by atoms with E-state index in [1.165, 1.54) is 0 Å². The maximum atomic E-state index is 5.99. The average Bonchev–Trinajstić information content (AvgIpc) is 2.54. The molecule has 0 bridgehead atoms. The van der Waals surface area contributed by atoms with Crippen LogP contribution in [0.3, 0.4) is 0 Å². The maximum Gasteiger partial charge on any atom is 0.119 e. The summed E-state index contributed by atoms with van der Waals surface area (Å²) in [6.07, 6.45) is 0. The lowest BCUT2D eigenvalue weighted by molar-refractivity contribution is 0.110. The molecule has 1 N–H and O–H groups in total. The van der Waals surface area contributed by atoms with E-state index in [1.54, 1.807) is 6.07 Å². The van der Waals surface area contributed by atoms with Gasteiger partial charge in [-0.2, -0.15) is 0 Å². The second-order valence-corrected chi connectivity index (χ2v) is 5.49. The van der Waals surface area contributed by atoms with Crippen LogP contribution in [0, 0.1) is 0 Å². The molecule has 2 aromatic rings. The van der Waals surface area contributed by atoms with Gasteiger partial charge < -0.3 is 14.8 Å². The number of nitrogens with one attached hydrogen (secondary N) is 1. The molecular formula is C17H19Cl2NO2. The van der Waals surface area contributed by atoms with Crippen LogP contribution in [-0.2, 0) is 11.3 Å². The zero-order valence-corrected chi connectivity index (χ0v) is 14.0. The number of hydrogen-bond acceptors (Lipinski definition) is 3. The number of benzene rings is 2. The minimum absolute atomic E-state index is 0.546. The minimum Gasteiger partial charge on any atom is -0.491 e. The third-order valence-corrected chi connectivity index (χ3v) is 3.78. The highest BCUT2D eigenvalue weighted by molar-refractivity contribution is 6.42. The molecule has 0 amide bonds. The van der Waals surface area contributed by atoms with E-state index in [-0.39, 0.29) is 0 Å². The molecule has 2 aromatic carbocycles. The first-order valence-electron chi connectivity index (χ1n) is 7.17. The zero-order valence-electron chi connectivity index (χ0n) is 12.4. The molecule has 0 fully saturated rings. The molecule has 5 heteroatoms. The highest BCUT2D eigenvalue weighted by Gasteiger charge is 2.00. The van der Waals surface area contributed by atoms with Crippen LogP contribution in [0.5, 0.6) is 5.75 Å². The Morgan fingerprint density at radius 2 is 1.73 bits per heavy atom. The van der Waals surface area contributed by atoms with E-state index in [2.05, 4.69) is 5.32 Å². The Kier molecular flexibility index (Phi) is 6.84. The van der Waals surface area contributed by atoms with E-state index in [1.807, 2.05) is 43.3 Å². The Morgan fingerprint density at radius 1 is 0.955 bits per heavy atom. The lowest BCUT2D eigenvalue weighted by Gasteiger charge is -2.09. The summed E-state index contributed by atoms with van der Waals surface area (Å²) in [5, 5.41) is 4.41. The first-order valence-corrected chi connectivity index (χ1v) is 7.93. The Labute approximate surface area is 141 Å². The summed E-state index contributed by atoms with van der Waals surface area (Å²) in [7, 11) is 0. The molecule has 2 rings (SSSR count). The van der Waals surface area contributed by atoms with Crippen molar-refractivity contribution in [2.24, 2.45) is 0 Å². The van der Waals surface area contributed by atoms with Crippen molar-refractivity contribution in [3.05, 3.63) is 58.1 Å². The highest BCUT2D eigenvalue weighted by Crippen LogP contribution is 2.25. The van der Waals surface area contributed by atoms with Crippen molar-refractivity contribution in [2.45, 2.75) is 13.5 Å². The molecule has 22 heavy (non-hydrogen) atoms. The average molecular weight is 340 g/mol. The summed E-state index contributed by atoms with van der Waals surface area (Å²) in [4.78, 5) is 0. The van der Waals surface area contributed by atoms with Gasteiger partial charge in [-0.05, 0) is 42.8 Å². The molecule has 0 saturated carbocycles. The Bertz CT molecular complexity index is 588. The van der Waals surface area contributed by atoms with Gasteiger partial charge in [0.25, 0.3) is 0 Å². The van der Waals surface area contributed by atoms with E-state index in [0.29, 0.717) is 36.4 Å². The molecule has 3 nitrogen and oxygen atoms in total. The van der Waals surface area contributed by atoms with Crippen LogP contribution in [0.4, 0.5) is 5.69 Å². The topological polar surface area (TPSA) is 30.5 Å². The molecule has 118 valence electrons. The molecule has 0 heterocycles. The number of anilines is 1. The predicted octanol–water partition coefficient (Wildman–Crippen LogP) is 5.02. The van der Waals surface area contributed by atoms with E-state index in [9.17, 15) is 0 Å². The second-order valence-electron chi connectivity index (χ2n) is 4.67. The van der Waals surface area contributed by atoms with Gasteiger partial charge in [-0.15, -0.1) is 0 Å². The molecule has 0 atom stereocenters.